The van der Waals surface area contributed by atoms with Gasteiger partial charge in [-0.1, -0.05) is 72.8 Å². The van der Waals surface area contributed by atoms with E-state index in [-0.39, 0.29) is 19.1 Å². The second-order valence-electron chi connectivity index (χ2n) is 12.8. The van der Waals surface area contributed by atoms with Crippen molar-refractivity contribution in [1.82, 2.24) is 0 Å². The summed E-state index contributed by atoms with van der Waals surface area (Å²) >= 11 is 1.75. The molecule has 0 fully saturated rings. The van der Waals surface area contributed by atoms with Crippen LogP contribution in [0.25, 0.3) is 33.2 Å². The Hall–Kier alpha value is -4.61. The van der Waals surface area contributed by atoms with Gasteiger partial charge >= 0.3 is 0 Å². The number of carbonyl (C=O) groups is 2. The first-order valence-corrected chi connectivity index (χ1v) is 19.1. The summed E-state index contributed by atoms with van der Waals surface area (Å²) in [6, 6.07) is 25.2. The van der Waals surface area contributed by atoms with Crippen molar-refractivity contribution in [3.8, 4) is 21.6 Å². The van der Waals surface area contributed by atoms with Crippen LogP contribution in [0.2, 0.25) is 0 Å². The number of anilines is 1. The van der Waals surface area contributed by atoms with Crippen LogP contribution in [0.1, 0.15) is 53.8 Å². The molecular weight excluding hydrogens is 669 g/mol. The van der Waals surface area contributed by atoms with Gasteiger partial charge in [0.15, 0.2) is 9.84 Å². The van der Waals surface area contributed by atoms with Crippen molar-refractivity contribution in [2.24, 2.45) is 5.73 Å². The molecule has 2 heterocycles. The lowest BCUT2D eigenvalue weighted by molar-refractivity contribution is -0.129. The minimum Gasteiger partial charge on any atom is -0.370 e. The summed E-state index contributed by atoms with van der Waals surface area (Å²) in [6.07, 6.45) is 10.9. The van der Waals surface area contributed by atoms with Crippen molar-refractivity contribution in [2.45, 2.75) is 57.3 Å². The molecule has 0 saturated heterocycles. The van der Waals surface area contributed by atoms with E-state index < -0.39 is 26.9 Å². The van der Waals surface area contributed by atoms with Crippen molar-refractivity contribution in [3.05, 3.63) is 124 Å². The monoisotopic (exact) mass is 708 g/mol. The van der Waals surface area contributed by atoms with E-state index in [0.717, 1.165) is 41.5 Å². The van der Waals surface area contributed by atoms with Gasteiger partial charge in [-0.3, -0.25) is 14.8 Å². The van der Waals surface area contributed by atoms with Gasteiger partial charge in [0, 0.05) is 21.6 Å². The van der Waals surface area contributed by atoms with Crippen LogP contribution >= 0.6 is 11.3 Å². The van der Waals surface area contributed by atoms with Crippen molar-refractivity contribution in [1.29, 1.82) is 0 Å². The topological polar surface area (TPSA) is 127 Å². The fraction of sp³-hybridized carbons (Fsp3) is 0.250. The number of nitrogens with zero attached hydrogens (tertiary/aromatic N) is 1. The molecule has 2 aliphatic carbocycles. The first-order valence-electron chi connectivity index (χ1n) is 16.6. The number of sulfone groups is 1. The number of hydroxylamine groups is 1. The second kappa shape index (κ2) is 15.1. The molecular formula is C40H40N2O6S2. The highest BCUT2D eigenvalue weighted by atomic mass is 32.2. The highest BCUT2D eigenvalue weighted by Gasteiger charge is 2.24. The van der Waals surface area contributed by atoms with Gasteiger partial charge in [0.1, 0.15) is 6.61 Å². The van der Waals surface area contributed by atoms with Crippen LogP contribution in [0, 0.1) is 0 Å². The smallest absolute Gasteiger partial charge is 0.276 e. The number of rotatable bonds is 8. The number of fused-ring (bicyclic) bond motifs is 5. The molecule has 0 saturated carbocycles. The molecule has 8 nitrogen and oxygen atoms in total. The van der Waals surface area contributed by atoms with Crippen molar-refractivity contribution < 1.29 is 28.0 Å². The lowest BCUT2D eigenvalue weighted by Gasteiger charge is -2.26. The lowest BCUT2D eigenvalue weighted by Crippen LogP contribution is -2.31. The third-order valence-corrected chi connectivity index (χ3v) is 11.9. The maximum Gasteiger partial charge on any atom is 0.276 e. The number of aryl methyl sites for hydroxylation is 1. The Morgan fingerprint density at radius 2 is 1.70 bits per heavy atom. The average molecular weight is 709 g/mol. The fourth-order valence-corrected chi connectivity index (χ4v) is 8.75. The third-order valence-electron chi connectivity index (χ3n) is 9.00. The Bertz CT molecular complexity index is 2130. The van der Waals surface area contributed by atoms with E-state index >= 15 is 0 Å². The SMILES string of the molecule is CC(C)OCC(=O)N(O)c1cccc(-c2ccc(C3=Cc4ccc5c(c4CC3)CCc3ccccc3-5)s2)c1.NC(=O)CC1C=CC=CS1(=O)=O. The average Bonchev–Trinajstić information content (AvgIpc) is 3.61. The standard InChI is InChI=1S/C33H31NO3S.C7H9NO3S/c1-21(2)37-20-33(35)34(36)26-8-5-7-24(19-26)31-16-17-32(38-31)25-12-13-28-23(18-25)11-15-29-27-9-4-3-6-22(27)10-14-30(28)29;8-7(9)5-6-3-1-2-4-12(6,10)11/h3-9,11,15-19,21,36H,10,12-14,20H2,1-2H3;1-4,6H,5H2,(H2,8,9). The van der Waals surface area contributed by atoms with E-state index in [1.165, 1.54) is 56.0 Å². The van der Waals surface area contributed by atoms with Crippen molar-refractivity contribution in [3.63, 3.8) is 0 Å². The van der Waals surface area contributed by atoms with Crippen LogP contribution in [-0.4, -0.2) is 43.4 Å². The molecule has 3 N–H and O–H groups in total. The molecule has 50 heavy (non-hydrogen) atoms. The molecule has 3 aromatic carbocycles. The zero-order chi connectivity index (χ0) is 35.4. The van der Waals surface area contributed by atoms with Crippen LogP contribution in [0.5, 0.6) is 0 Å². The number of hydrogen-bond acceptors (Lipinski definition) is 7. The summed E-state index contributed by atoms with van der Waals surface area (Å²) < 4.78 is 27.7. The number of carbonyl (C=O) groups excluding carboxylic acids is 2. The lowest BCUT2D eigenvalue weighted by atomic mass is 9.78. The molecule has 0 radical (unpaired) electrons. The maximum absolute atomic E-state index is 12.3. The van der Waals surface area contributed by atoms with E-state index in [0.29, 0.717) is 10.8 Å². The molecule has 0 spiro atoms. The zero-order valence-electron chi connectivity index (χ0n) is 28.0. The summed E-state index contributed by atoms with van der Waals surface area (Å²) in [7, 11) is -3.29. The number of nitrogens with two attached hydrogens (primary N) is 1. The molecule has 7 rings (SSSR count). The van der Waals surface area contributed by atoms with Crippen LogP contribution in [0.15, 0.2) is 96.4 Å². The molecule has 1 aliphatic heterocycles. The Kier molecular flexibility index (Phi) is 10.6. The molecule has 1 unspecified atom stereocenters. The predicted octanol–water partition coefficient (Wildman–Crippen LogP) is 7.54. The minimum absolute atomic E-state index is 0.0774. The van der Waals surface area contributed by atoms with Crippen molar-refractivity contribution >= 4 is 50.3 Å². The number of hydrogen-bond donors (Lipinski definition) is 2. The Morgan fingerprint density at radius 3 is 2.48 bits per heavy atom. The highest BCUT2D eigenvalue weighted by molar-refractivity contribution is 7.95. The Labute approximate surface area is 297 Å². The number of benzene rings is 3. The summed E-state index contributed by atoms with van der Waals surface area (Å²) in [5.41, 5.74) is 16.3. The molecule has 1 atom stereocenters. The summed E-state index contributed by atoms with van der Waals surface area (Å²) in [5, 5.41) is 11.4. The number of amides is 2. The Morgan fingerprint density at radius 1 is 0.920 bits per heavy atom. The van der Waals surface area contributed by atoms with E-state index in [2.05, 4.69) is 54.6 Å². The van der Waals surface area contributed by atoms with E-state index in [9.17, 15) is 23.2 Å². The van der Waals surface area contributed by atoms with Crippen LogP contribution in [-0.2, 0) is 43.4 Å². The van der Waals surface area contributed by atoms with E-state index in [1.807, 2.05) is 32.0 Å². The van der Waals surface area contributed by atoms with Gasteiger partial charge < -0.3 is 10.5 Å². The van der Waals surface area contributed by atoms with Gasteiger partial charge in [-0.2, -0.15) is 5.06 Å². The number of thiophene rings is 1. The first kappa shape index (κ1) is 35.2. The molecule has 10 heteroatoms. The fourth-order valence-electron chi connectivity index (χ4n) is 6.49. The third kappa shape index (κ3) is 7.89. The van der Waals surface area contributed by atoms with Crippen LogP contribution in [0.4, 0.5) is 5.69 Å². The second-order valence-corrected chi connectivity index (χ2v) is 15.9. The highest BCUT2D eigenvalue weighted by Crippen LogP contribution is 2.42. The summed E-state index contributed by atoms with van der Waals surface area (Å²) in [6.45, 7) is 3.56. The Balaban J connectivity index is 0.000000306. The normalized spacial score (nSPS) is 16.7. The van der Waals surface area contributed by atoms with Gasteiger partial charge in [-0.15, -0.1) is 11.3 Å². The first-order chi connectivity index (χ1) is 24.0. The molecule has 2 amide bonds. The summed E-state index contributed by atoms with van der Waals surface area (Å²) in [4.78, 5) is 25.1. The van der Waals surface area contributed by atoms with Crippen molar-refractivity contribution in [2.75, 3.05) is 11.7 Å². The maximum atomic E-state index is 12.3. The number of ether oxygens (including phenoxy) is 1. The summed E-state index contributed by atoms with van der Waals surface area (Å²) in [5.74, 6) is -1.09. The quantitative estimate of drug-likeness (QED) is 0.144. The van der Waals surface area contributed by atoms with Gasteiger partial charge in [-0.05, 0) is 108 Å². The molecule has 3 aliphatic rings. The largest absolute Gasteiger partial charge is 0.370 e. The molecule has 4 aromatic rings. The van der Waals surface area contributed by atoms with Gasteiger partial charge in [-0.25, -0.2) is 8.42 Å². The predicted molar refractivity (Wildman–Crippen MR) is 200 cm³/mol. The van der Waals surface area contributed by atoms with Crippen LogP contribution in [0.3, 0.4) is 0 Å². The van der Waals surface area contributed by atoms with E-state index in [1.54, 1.807) is 23.5 Å². The van der Waals surface area contributed by atoms with Gasteiger partial charge in [0.2, 0.25) is 5.91 Å². The zero-order valence-corrected chi connectivity index (χ0v) is 29.7. The van der Waals surface area contributed by atoms with Crippen LogP contribution < -0.4 is 10.8 Å². The van der Waals surface area contributed by atoms with Gasteiger partial charge in [0.05, 0.1) is 17.0 Å². The molecule has 258 valence electrons. The number of primary amides is 1. The number of allylic oxidation sites excluding steroid dienone is 3. The molecule has 1 aromatic heterocycles. The van der Waals surface area contributed by atoms with E-state index in [4.69, 9.17) is 10.5 Å². The molecule has 0 bridgehead atoms. The van der Waals surface area contributed by atoms with Gasteiger partial charge in [0.25, 0.3) is 5.91 Å². The minimum atomic E-state index is -3.29.